The maximum Gasteiger partial charge on any atom is 0.339 e. The van der Waals surface area contributed by atoms with E-state index in [0.717, 1.165) is 37.2 Å². The number of para-hydroxylation sites is 1. The Morgan fingerprint density at radius 2 is 1.51 bits per heavy atom. The van der Waals surface area contributed by atoms with E-state index in [1.807, 2.05) is 31.2 Å². The lowest BCUT2D eigenvalue weighted by Crippen LogP contribution is -2.25. The number of rotatable bonds is 6. The maximum atomic E-state index is 12.9. The molecule has 35 heavy (non-hydrogen) atoms. The lowest BCUT2D eigenvalue weighted by atomic mass is 10.1. The number of aryl methyl sites for hydroxylation is 1. The highest BCUT2D eigenvalue weighted by Crippen LogP contribution is 2.32. The van der Waals surface area contributed by atoms with Gasteiger partial charge in [0.05, 0.1) is 29.7 Å². The summed E-state index contributed by atoms with van der Waals surface area (Å²) in [6.45, 7) is 3.73. The Balaban J connectivity index is 1.56. The maximum absolute atomic E-state index is 12.9. The molecule has 3 aromatic rings. The van der Waals surface area contributed by atoms with Crippen LogP contribution in [0.25, 0.3) is 0 Å². The minimum Gasteiger partial charge on any atom is -0.465 e. The van der Waals surface area contributed by atoms with Crippen molar-refractivity contribution in [2.24, 2.45) is 0 Å². The van der Waals surface area contributed by atoms with E-state index in [1.165, 1.54) is 7.11 Å². The molecule has 1 fully saturated rings. The van der Waals surface area contributed by atoms with Crippen molar-refractivity contribution in [2.45, 2.75) is 19.8 Å². The van der Waals surface area contributed by atoms with Gasteiger partial charge in [-0.2, -0.15) is 0 Å². The van der Waals surface area contributed by atoms with Crippen molar-refractivity contribution in [3.05, 3.63) is 83.4 Å². The van der Waals surface area contributed by atoms with Crippen molar-refractivity contribution in [2.75, 3.05) is 41.0 Å². The van der Waals surface area contributed by atoms with Crippen LogP contribution in [0.15, 0.2) is 66.7 Å². The summed E-state index contributed by atoms with van der Waals surface area (Å²) in [5.74, 6) is -0.777. The van der Waals surface area contributed by atoms with Crippen LogP contribution in [-0.2, 0) is 4.74 Å². The van der Waals surface area contributed by atoms with Crippen LogP contribution in [0.2, 0.25) is 0 Å². The predicted octanol–water partition coefficient (Wildman–Crippen LogP) is 5.28. The topological polar surface area (TPSA) is 99.8 Å². The first-order valence-electron chi connectivity index (χ1n) is 11.5. The van der Waals surface area contributed by atoms with Gasteiger partial charge in [-0.1, -0.05) is 29.8 Å². The number of methoxy groups -OCH3 is 1. The summed E-state index contributed by atoms with van der Waals surface area (Å²) < 4.78 is 4.80. The van der Waals surface area contributed by atoms with Crippen molar-refractivity contribution in [3.63, 3.8) is 0 Å². The van der Waals surface area contributed by atoms with Crippen molar-refractivity contribution in [3.8, 4) is 0 Å². The number of anilines is 4. The van der Waals surface area contributed by atoms with E-state index in [2.05, 4.69) is 20.9 Å². The van der Waals surface area contributed by atoms with E-state index in [0.29, 0.717) is 22.6 Å². The fourth-order valence-electron chi connectivity index (χ4n) is 4.01. The van der Waals surface area contributed by atoms with Gasteiger partial charge in [0.2, 0.25) is 0 Å². The van der Waals surface area contributed by atoms with Crippen LogP contribution < -0.4 is 20.9 Å². The summed E-state index contributed by atoms with van der Waals surface area (Å²) in [5.41, 5.74) is 4.19. The number of hydrogen-bond donors (Lipinski definition) is 3. The third kappa shape index (κ3) is 5.78. The van der Waals surface area contributed by atoms with Gasteiger partial charge in [-0.15, -0.1) is 0 Å². The number of urea groups is 1. The largest absolute Gasteiger partial charge is 0.465 e. The van der Waals surface area contributed by atoms with Gasteiger partial charge >= 0.3 is 12.0 Å². The van der Waals surface area contributed by atoms with Gasteiger partial charge in [0.25, 0.3) is 5.91 Å². The zero-order valence-corrected chi connectivity index (χ0v) is 19.8. The highest BCUT2D eigenvalue weighted by Gasteiger charge is 2.19. The fraction of sp³-hybridized carbons (Fsp3) is 0.222. The monoisotopic (exact) mass is 472 g/mol. The Hall–Kier alpha value is -4.33. The molecule has 0 bridgehead atoms. The zero-order valence-electron chi connectivity index (χ0n) is 19.8. The Bertz CT molecular complexity index is 1230. The van der Waals surface area contributed by atoms with Gasteiger partial charge in [-0.05, 0) is 62.2 Å². The number of ether oxygens (including phenoxy) is 1. The molecule has 8 nitrogen and oxygen atoms in total. The molecular weight excluding hydrogens is 444 g/mol. The molecule has 3 aromatic carbocycles. The second-order valence-corrected chi connectivity index (χ2v) is 8.36. The highest BCUT2D eigenvalue weighted by atomic mass is 16.5. The first kappa shape index (κ1) is 23.8. The zero-order chi connectivity index (χ0) is 24.8. The van der Waals surface area contributed by atoms with Crippen LogP contribution >= 0.6 is 0 Å². The van der Waals surface area contributed by atoms with Gasteiger partial charge in [0.15, 0.2) is 0 Å². The number of carbonyl (C=O) groups excluding carboxylic acids is 3. The smallest absolute Gasteiger partial charge is 0.339 e. The number of nitrogens with zero attached hydrogens (tertiary/aromatic N) is 1. The van der Waals surface area contributed by atoms with Gasteiger partial charge in [-0.25, -0.2) is 9.59 Å². The standard InChI is InChI=1S/C27H28N4O4/c1-18-9-11-19(12-10-18)25(32)28-20-13-14-24(31-15-5-6-16-31)23(17-20)30-27(34)29-22-8-4-3-7-21(22)26(33)35-2/h3-4,7-14,17H,5-6,15-16H2,1-2H3,(H,28,32)(H2,29,30,34). The lowest BCUT2D eigenvalue weighted by molar-refractivity contribution is 0.0601. The summed E-state index contributed by atoms with van der Waals surface area (Å²) in [7, 11) is 1.29. The Kier molecular flexibility index (Phi) is 7.30. The molecule has 0 atom stereocenters. The first-order valence-corrected chi connectivity index (χ1v) is 11.5. The molecule has 0 aromatic heterocycles. The SMILES string of the molecule is COC(=O)c1ccccc1NC(=O)Nc1cc(NC(=O)c2ccc(C)cc2)ccc1N1CCCC1. The molecular formula is C27H28N4O4. The van der Waals surface area contributed by atoms with E-state index in [1.54, 1.807) is 42.5 Å². The van der Waals surface area contributed by atoms with E-state index < -0.39 is 12.0 Å². The molecule has 1 heterocycles. The second-order valence-electron chi connectivity index (χ2n) is 8.36. The third-order valence-electron chi connectivity index (χ3n) is 5.84. The molecule has 0 unspecified atom stereocenters. The summed E-state index contributed by atoms with van der Waals surface area (Å²) in [5, 5.41) is 8.51. The van der Waals surface area contributed by atoms with Crippen LogP contribution in [0, 0.1) is 6.92 Å². The number of esters is 1. The molecule has 4 rings (SSSR count). The summed E-state index contributed by atoms with van der Waals surface area (Å²) >= 11 is 0. The van der Waals surface area contributed by atoms with Crippen molar-refractivity contribution < 1.29 is 19.1 Å². The molecule has 1 aliphatic rings. The number of carbonyl (C=O) groups is 3. The lowest BCUT2D eigenvalue weighted by Gasteiger charge is -2.23. The van der Waals surface area contributed by atoms with Crippen LogP contribution in [-0.4, -0.2) is 38.1 Å². The molecule has 1 saturated heterocycles. The van der Waals surface area contributed by atoms with Gasteiger partial charge in [-0.3, -0.25) is 4.79 Å². The minimum atomic E-state index is -0.542. The molecule has 180 valence electrons. The average molecular weight is 473 g/mol. The fourth-order valence-corrected chi connectivity index (χ4v) is 4.01. The van der Waals surface area contributed by atoms with Crippen molar-refractivity contribution in [1.29, 1.82) is 0 Å². The molecule has 0 radical (unpaired) electrons. The normalized spacial score (nSPS) is 12.7. The molecule has 0 saturated carbocycles. The number of nitrogens with one attached hydrogen (secondary N) is 3. The summed E-state index contributed by atoms with van der Waals surface area (Å²) in [6.07, 6.45) is 2.15. The van der Waals surface area contributed by atoms with Crippen LogP contribution in [0.1, 0.15) is 39.1 Å². The quantitative estimate of drug-likeness (QED) is 0.424. The Labute approximate surface area is 204 Å². The highest BCUT2D eigenvalue weighted by molar-refractivity contribution is 6.08. The third-order valence-corrected chi connectivity index (χ3v) is 5.84. The van der Waals surface area contributed by atoms with Gasteiger partial charge in [0, 0.05) is 24.3 Å². The van der Waals surface area contributed by atoms with Crippen LogP contribution in [0.3, 0.4) is 0 Å². The number of amides is 3. The van der Waals surface area contributed by atoms with Crippen molar-refractivity contribution >= 4 is 40.7 Å². The van der Waals surface area contributed by atoms with Gasteiger partial charge in [0.1, 0.15) is 0 Å². The minimum absolute atomic E-state index is 0.235. The Morgan fingerprint density at radius 1 is 0.829 bits per heavy atom. The van der Waals surface area contributed by atoms with E-state index >= 15 is 0 Å². The number of hydrogen-bond acceptors (Lipinski definition) is 5. The molecule has 0 aliphatic carbocycles. The number of benzene rings is 3. The Morgan fingerprint density at radius 3 is 2.23 bits per heavy atom. The van der Waals surface area contributed by atoms with Gasteiger partial charge < -0.3 is 25.6 Å². The molecule has 3 amide bonds. The molecule has 0 spiro atoms. The predicted molar refractivity (Wildman–Crippen MR) is 137 cm³/mol. The van der Waals surface area contributed by atoms with E-state index in [9.17, 15) is 14.4 Å². The summed E-state index contributed by atoms with van der Waals surface area (Å²) in [4.78, 5) is 39.9. The van der Waals surface area contributed by atoms with E-state index in [4.69, 9.17) is 4.74 Å². The van der Waals surface area contributed by atoms with Crippen molar-refractivity contribution in [1.82, 2.24) is 0 Å². The second kappa shape index (κ2) is 10.7. The first-order chi connectivity index (χ1) is 16.9. The van der Waals surface area contributed by atoms with E-state index in [-0.39, 0.29) is 11.5 Å². The average Bonchev–Trinajstić information content (AvgIpc) is 3.39. The summed E-state index contributed by atoms with van der Waals surface area (Å²) in [6, 6.07) is 18.9. The molecule has 1 aliphatic heterocycles. The molecule has 8 heteroatoms. The van der Waals surface area contributed by atoms with Crippen LogP contribution in [0.5, 0.6) is 0 Å². The molecule has 3 N–H and O–H groups in total. The van der Waals surface area contributed by atoms with Crippen LogP contribution in [0.4, 0.5) is 27.5 Å².